The zero-order chi connectivity index (χ0) is 15.0. The van der Waals surface area contributed by atoms with Crippen LogP contribution in [0.1, 0.15) is 0 Å². The summed E-state index contributed by atoms with van der Waals surface area (Å²) in [5, 5.41) is 10.6. The second-order valence-corrected chi connectivity index (χ2v) is 7.33. The molecule has 20 heavy (non-hydrogen) atoms. The normalized spacial score (nSPS) is 12.3. The quantitative estimate of drug-likeness (QED) is 0.747. The number of hydrogen-bond acceptors (Lipinski definition) is 5. The van der Waals surface area contributed by atoms with Crippen molar-refractivity contribution in [1.29, 1.82) is 0 Å². The summed E-state index contributed by atoms with van der Waals surface area (Å²) < 4.78 is 48.5. The lowest BCUT2D eigenvalue weighted by atomic mass is 10.3. The van der Waals surface area contributed by atoms with E-state index in [2.05, 4.69) is 14.9 Å². The lowest BCUT2D eigenvalue weighted by molar-refractivity contribution is 0.595. The van der Waals surface area contributed by atoms with Gasteiger partial charge in [-0.05, 0) is 24.3 Å². The Kier molecular flexibility index (Phi) is 3.73. The summed E-state index contributed by atoms with van der Waals surface area (Å²) in [6.07, 6.45) is 1.26. The van der Waals surface area contributed by atoms with Crippen LogP contribution in [0.4, 0.5) is 5.69 Å². The van der Waals surface area contributed by atoms with Crippen LogP contribution in [0, 0.1) is 0 Å². The summed E-state index contributed by atoms with van der Waals surface area (Å²) in [6.45, 7) is 0. The molecule has 0 aliphatic heterocycles. The molecule has 0 unspecified atom stereocenters. The Labute approximate surface area is 120 Å². The maximum atomic E-state index is 12.0. The molecular weight excluding hydrogens is 328 g/mol. The number of primary sulfonamides is 1. The van der Waals surface area contributed by atoms with Crippen molar-refractivity contribution in [2.45, 2.75) is 9.92 Å². The number of nitrogens with one attached hydrogen (secondary N) is 2. The molecule has 4 N–H and O–H groups in total. The maximum Gasteiger partial charge on any atom is 0.278 e. The number of aromatic amines is 1. The molecule has 8 nitrogen and oxygen atoms in total. The summed E-state index contributed by atoms with van der Waals surface area (Å²) in [4.78, 5) is -0.260. The molecule has 0 aliphatic carbocycles. The first-order chi connectivity index (χ1) is 9.20. The highest BCUT2D eigenvalue weighted by Crippen LogP contribution is 2.26. The highest BCUT2D eigenvalue weighted by atomic mass is 35.5. The van der Waals surface area contributed by atoms with Gasteiger partial charge in [-0.2, -0.15) is 13.5 Å². The summed E-state index contributed by atoms with van der Waals surface area (Å²) in [7, 11) is -7.91. The van der Waals surface area contributed by atoms with Crippen molar-refractivity contribution in [2.75, 3.05) is 4.72 Å². The first-order valence-corrected chi connectivity index (χ1v) is 8.45. The third kappa shape index (κ3) is 3.10. The van der Waals surface area contributed by atoms with E-state index in [9.17, 15) is 16.8 Å². The molecule has 11 heteroatoms. The highest BCUT2D eigenvalue weighted by Gasteiger charge is 2.18. The number of hydrogen-bond donors (Lipinski definition) is 3. The fourth-order valence-electron chi connectivity index (χ4n) is 1.35. The molecule has 0 bridgehead atoms. The molecule has 2 rings (SSSR count). The van der Waals surface area contributed by atoms with E-state index in [0.29, 0.717) is 0 Å². The largest absolute Gasteiger partial charge is 0.278 e. The zero-order valence-corrected chi connectivity index (χ0v) is 12.1. The summed E-state index contributed by atoms with van der Waals surface area (Å²) in [5.41, 5.74) is -0.104. The molecule has 1 aromatic carbocycles. The van der Waals surface area contributed by atoms with Crippen LogP contribution in [0.5, 0.6) is 0 Å². The third-order valence-electron chi connectivity index (χ3n) is 2.28. The smallest absolute Gasteiger partial charge is 0.277 e. The number of benzene rings is 1. The van der Waals surface area contributed by atoms with Crippen molar-refractivity contribution in [3.8, 4) is 0 Å². The number of sulfonamides is 2. The lowest BCUT2D eigenvalue weighted by Gasteiger charge is -2.09. The molecule has 0 saturated heterocycles. The second kappa shape index (κ2) is 5.05. The molecular formula is C9H9ClN4O4S2. The molecule has 0 fully saturated rings. The predicted molar refractivity (Wildman–Crippen MR) is 72.2 cm³/mol. The van der Waals surface area contributed by atoms with Gasteiger partial charge in [0.1, 0.15) is 0 Å². The van der Waals surface area contributed by atoms with E-state index in [0.717, 1.165) is 6.07 Å². The third-order valence-corrected chi connectivity index (χ3v) is 4.81. The number of anilines is 1. The van der Waals surface area contributed by atoms with Gasteiger partial charge in [-0.1, -0.05) is 11.6 Å². The number of nitrogens with zero attached hydrogens (tertiary/aromatic N) is 1. The molecule has 0 radical (unpaired) electrons. The van der Waals surface area contributed by atoms with Crippen LogP contribution >= 0.6 is 11.6 Å². The highest BCUT2D eigenvalue weighted by molar-refractivity contribution is 7.92. The van der Waals surface area contributed by atoms with Gasteiger partial charge >= 0.3 is 0 Å². The first-order valence-electron chi connectivity index (χ1n) is 5.05. The number of rotatable bonds is 4. The van der Waals surface area contributed by atoms with Gasteiger partial charge in [-0.25, -0.2) is 13.6 Å². The predicted octanol–water partition coefficient (Wildman–Crippen LogP) is 0.511. The van der Waals surface area contributed by atoms with Crippen LogP contribution in [-0.2, 0) is 20.0 Å². The van der Waals surface area contributed by atoms with Crippen molar-refractivity contribution in [1.82, 2.24) is 10.2 Å². The van der Waals surface area contributed by atoms with Crippen LogP contribution in [-0.4, -0.2) is 27.0 Å². The lowest BCUT2D eigenvalue weighted by Crippen LogP contribution is -2.16. The second-order valence-electron chi connectivity index (χ2n) is 3.71. The minimum atomic E-state index is -3.97. The van der Waals surface area contributed by atoms with Crippen molar-refractivity contribution in [2.24, 2.45) is 5.14 Å². The Morgan fingerprint density at radius 3 is 2.45 bits per heavy atom. The number of aromatic nitrogens is 2. The summed E-state index contributed by atoms with van der Waals surface area (Å²) in [6, 6.07) is 4.67. The summed E-state index contributed by atoms with van der Waals surface area (Å²) in [5.74, 6) is 0. The van der Waals surface area contributed by atoms with Gasteiger partial charge in [0.05, 0.1) is 21.8 Å². The Hall–Kier alpha value is -1.62. The Bertz CT molecular complexity index is 831. The SMILES string of the molecule is NS(=O)(=O)c1ccc(Cl)c(NS(=O)(=O)c2ccn[nH]2)c1. The van der Waals surface area contributed by atoms with Crippen molar-refractivity contribution >= 4 is 37.3 Å². The van der Waals surface area contributed by atoms with Crippen molar-refractivity contribution < 1.29 is 16.8 Å². The van der Waals surface area contributed by atoms with Crippen molar-refractivity contribution in [3.05, 3.63) is 35.5 Å². The van der Waals surface area contributed by atoms with E-state index in [-0.39, 0.29) is 20.6 Å². The van der Waals surface area contributed by atoms with Gasteiger partial charge < -0.3 is 0 Å². The Morgan fingerprint density at radius 2 is 1.90 bits per heavy atom. The molecule has 0 aliphatic rings. The fourth-order valence-corrected chi connectivity index (χ4v) is 3.09. The van der Waals surface area contributed by atoms with Crippen LogP contribution in [0.3, 0.4) is 0 Å². The maximum absolute atomic E-state index is 12.0. The van der Waals surface area contributed by atoms with E-state index in [1.165, 1.54) is 24.4 Å². The Morgan fingerprint density at radius 1 is 1.20 bits per heavy atom. The first kappa shape index (κ1) is 14.8. The van der Waals surface area contributed by atoms with Crippen LogP contribution < -0.4 is 9.86 Å². The molecule has 0 amide bonds. The van der Waals surface area contributed by atoms with Gasteiger partial charge in [0.15, 0.2) is 5.03 Å². The molecule has 0 atom stereocenters. The number of halogens is 1. The monoisotopic (exact) mass is 336 g/mol. The van der Waals surface area contributed by atoms with Crippen LogP contribution in [0.25, 0.3) is 0 Å². The van der Waals surface area contributed by atoms with Gasteiger partial charge in [-0.15, -0.1) is 0 Å². The van der Waals surface area contributed by atoms with Crippen LogP contribution in [0.15, 0.2) is 40.4 Å². The van der Waals surface area contributed by atoms with E-state index in [1.807, 2.05) is 0 Å². The fraction of sp³-hybridized carbons (Fsp3) is 0. The van der Waals surface area contributed by atoms with Crippen molar-refractivity contribution in [3.63, 3.8) is 0 Å². The van der Waals surface area contributed by atoms with E-state index < -0.39 is 20.0 Å². The van der Waals surface area contributed by atoms with Gasteiger partial charge in [-0.3, -0.25) is 9.82 Å². The zero-order valence-electron chi connectivity index (χ0n) is 9.74. The molecule has 1 aromatic heterocycles. The average Bonchev–Trinajstić information content (AvgIpc) is 2.84. The minimum absolute atomic E-state index is 0.0282. The van der Waals surface area contributed by atoms with E-state index in [1.54, 1.807) is 0 Å². The topological polar surface area (TPSA) is 135 Å². The van der Waals surface area contributed by atoms with Gasteiger partial charge in [0.25, 0.3) is 10.0 Å². The van der Waals surface area contributed by atoms with E-state index in [4.69, 9.17) is 16.7 Å². The molecule has 0 saturated carbocycles. The minimum Gasteiger partial charge on any atom is -0.277 e. The molecule has 1 heterocycles. The number of nitrogens with two attached hydrogens (primary N) is 1. The van der Waals surface area contributed by atoms with Crippen LogP contribution in [0.2, 0.25) is 5.02 Å². The molecule has 2 aromatic rings. The summed E-state index contributed by atoms with van der Waals surface area (Å²) >= 11 is 5.83. The van der Waals surface area contributed by atoms with Gasteiger partial charge in [0.2, 0.25) is 10.0 Å². The Balaban J connectivity index is 2.44. The molecule has 108 valence electrons. The van der Waals surface area contributed by atoms with E-state index >= 15 is 0 Å². The molecule has 0 spiro atoms. The van der Waals surface area contributed by atoms with Gasteiger partial charge in [0, 0.05) is 0 Å². The average molecular weight is 337 g/mol. The standard InChI is InChI=1S/C9H9ClN4O4S2/c10-7-2-1-6(19(11,15)16)5-8(7)14-20(17,18)9-3-4-12-13-9/h1-5,14H,(H,12,13)(H2,11,15,16). The number of H-pyrrole nitrogens is 1.